The zero-order chi connectivity index (χ0) is 15.9. The summed E-state index contributed by atoms with van der Waals surface area (Å²) < 4.78 is 28.5. The summed E-state index contributed by atoms with van der Waals surface area (Å²) in [5, 5.41) is 12.8. The van der Waals surface area contributed by atoms with Gasteiger partial charge in [0.1, 0.15) is 17.3 Å². The fourth-order valence-corrected chi connectivity index (χ4v) is 2.36. The third kappa shape index (κ3) is 2.94. The Morgan fingerprint density at radius 3 is 2.43 bits per heavy atom. The fourth-order valence-electron chi connectivity index (χ4n) is 1.78. The van der Waals surface area contributed by atoms with Crippen molar-refractivity contribution in [1.82, 2.24) is 14.8 Å². The van der Waals surface area contributed by atoms with Gasteiger partial charge in [0.15, 0.2) is 5.82 Å². The summed E-state index contributed by atoms with van der Waals surface area (Å²) in [7, 11) is 0. The molecule has 0 saturated carbocycles. The molecular formula is C13H12BrF2N3O2. The lowest BCUT2D eigenvalue weighted by Gasteiger charge is -2.19. The Labute approximate surface area is 127 Å². The number of carbonyl (C=O) groups is 1. The number of aromatic nitrogens is 3. The number of carboxylic acids is 1. The fraction of sp³-hybridized carbons (Fsp3) is 0.308. The molecule has 0 aliphatic rings. The van der Waals surface area contributed by atoms with Crippen LogP contribution in [0.4, 0.5) is 8.78 Å². The molecular weight excluding hydrogens is 348 g/mol. The molecule has 0 spiro atoms. The average Bonchev–Trinajstić information content (AvgIpc) is 2.71. The highest BCUT2D eigenvalue weighted by molar-refractivity contribution is 9.10. The first kappa shape index (κ1) is 15.6. The molecule has 8 heteroatoms. The van der Waals surface area contributed by atoms with Gasteiger partial charge in [-0.05, 0) is 22.0 Å². The SMILES string of the molecule is CC(C)(C)c1nc(C(=O)O)nn1-c1c(F)cc(F)cc1Br. The monoisotopic (exact) mass is 359 g/mol. The molecule has 2 aromatic rings. The molecule has 0 aliphatic heterocycles. The van der Waals surface area contributed by atoms with Gasteiger partial charge in [-0.2, -0.15) is 0 Å². The Kier molecular flexibility index (Phi) is 3.83. The predicted molar refractivity (Wildman–Crippen MR) is 74.6 cm³/mol. The largest absolute Gasteiger partial charge is 0.475 e. The van der Waals surface area contributed by atoms with E-state index in [1.165, 1.54) is 0 Å². The third-order valence-corrected chi connectivity index (χ3v) is 3.27. The molecule has 5 nitrogen and oxygen atoms in total. The highest BCUT2D eigenvalue weighted by Gasteiger charge is 2.28. The number of hydrogen-bond acceptors (Lipinski definition) is 3. The average molecular weight is 360 g/mol. The molecule has 0 fully saturated rings. The molecule has 1 N–H and O–H groups in total. The summed E-state index contributed by atoms with van der Waals surface area (Å²) in [5.41, 5.74) is -0.664. The molecule has 21 heavy (non-hydrogen) atoms. The molecule has 0 amide bonds. The van der Waals surface area contributed by atoms with Crippen molar-refractivity contribution in [3.05, 3.63) is 39.9 Å². The first-order valence-corrected chi connectivity index (χ1v) is 6.76. The van der Waals surface area contributed by atoms with Crippen molar-refractivity contribution in [2.75, 3.05) is 0 Å². The number of benzene rings is 1. The maximum Gasteiger partial charge on any atom is 0.375 e. The minimum absolute atomic E-state index is 0.0821. The Morgan fingerprint density at radius 1 is 1.33 bits per heavy atom. The first-order chi connectivity index (χ1) is 9.61. The molecule has 0 radical (unpaired) electrons. The van der Waals surface area contributed by atoms with Crippen molar-refractivity contribution in [3.63, 3.8) is 0 Å². The van der Waals surface area contributed by atoms with Crippen LogP contribution in [0.15, 0.2) is 16.6 Å². The molecule has 1 heterocycles. The maximum absolute atomic E-state index is 14.1. The van der Waals surface area contributed by atoms with E-state index in [4.69, 9.17) is 5.11 Å². The van der Waals surface area contributed by atoms with Crippen LogP contribution in [0.3, 0.4) is 0 Å². The van der Waals surface area contributed by atoms with Crippen LogP contribution in [-0.4, -0.2) is 25.8 Å². The summed E-state index contributed by atoms with van der Waals surface area (Å²) in [5.74, 6) is -3.13. The minimum Gasteiger partial charge on any atom is -0.475 e. The van der Waals surface area contributed by atoms with E-state index in [1.54, 1.807) is 20.8 Å². The molecule has 2 rings (SSSR count). The molecule has 1 aromatic heterocycles. The van der Waals surface area contributed by atoms with E-state index in [9.17, 15) is 13.6 Å². The summed E-state index contributed by atoms with van der Waals surface area (Å²) in [6.45, 7) is 5.36. The molecule has 0 aliphatic carbocycles. The van der Waals surface area contributed by atoms with E-state index in [0.29, 0.717) is 6.07 Å². The smallest absolute Gasteiger partial charge is 0.375 e. The number of hydrogen-bond donors (Lipinski definition) is 1. The second kappa shape index (κ2) is 5.18. The number of rotatable bonds is 2. The first-order valence-electron chi connectivity index (χ1n) is 5.97. The van der Waals surface area contributed by atoms with Gasteiger partial charge >= 0.3 is 5.97 Å². The van der Waals surface area contributed by atoms with Crippen molar-refractivity contribution < 1.29 is 18.7 Å². The lowest BCUT2D eigenvalue weighted by atomic mass is 9.95. The Bertz CT molecular complexity index is 700. The van der Waals surface area contributed by atoms with Crippen LogP contribution in [0.2, 0.25) is 0 Å². The van der Waals surface area contributed by atoms with Gasteiger partial charge in [-0.1, -0.05) is 20.8 Å². The van der Waals surface area contributed by atoms with Gasteiger partial charge in [-0.25, -0.2) is 23.2 Å². The normalized spacial score (nSPS) is 11.7. The van der Waals surface area contributed by atoms with E-state index >= 15 is 0 Å². The second-order valence-corrected chi connectivity index (χ2v) is 6.30. The van der Waals surface area contributed by atoms with E-state index in [0.717, 1.165) is 10.7 Å². The van der Waals surface area contributed by atoms with Gasteiger partial charge in [0.25, 0.3) is 5.82 Å². The quantitative estimate of drug-likeness (QED) is 0.892. The maximum atomic E-state index is 14.1. The van der Waals surface area contributed by atoms with E-state index in [1.807, 2.05) is 0 Å². The van der Waals surface area contributed by atoms with Gasteiger partial charge in [0.05, 0.1) is 0 Å². The number of nitrogens with zero attached hydrogens (tertiary/aromatic N) is 3. The highest BCUT2D eigenvalue weighted by atomic mass is 79.9. The predicted octanol–water partition coefficient (Wildman–Crippen LogP) is 3.30. The molecule has 0 saturated heterocycles. The number of halogens is 3. The Morgan fingerprint density at radius 2 is 1.95 bits per heavy atom. The van der Waals surface area contributed by atoms with Crippen LogP contribution in [0.5, 0.6) is 0 Å². The van der Waals surface area contributed by atoms with Crippen LogP contribution in [-0.2, 0) is 5.41 Å². The van der Waals surface area contributed by atoms with Crippen molar-refractivity contribution in [3.8, 4) is 5.69 Å². The van der Waals surface area contributed by atoms with Gasteiger partial charge in [-0.3, -0.25) is 0 Å². The van der Waals surface area contributed by atoms with Crippen molar-refractivity contribution in [2.24, 2.45) is 0 Å². The van der Waals surface area contributed by atoms with Crippen LogP contribution in [0, 0.1) is 11.6 Å². The summed E-state index contributed by atoms with van der Waals surface area (Å²) in [4.78, 5) is 15.0. The summed E-state index contributed by atoms with van der Waals surface area (Å²) in [6, 6.07) is 1.78. The number of carboxylic acid groups (broad SMARTS) is 1. The molecule has 0 bridgehead atoms. The van der Waals surface area contributed by atoms with Gasteiger partial charge in [-0.15, -0.1) is 5.10 Å². The van der Waals surface area contributed by atoms with Crippen LogP contribution < -0.4 is 0 Å². The van der Waals surface area contributed by atoms with E-state index < -0.39 is 28.8 Å². The van der Waals surface area contributed by atoms with Crippen molar-refractivity contribution >= 4 is 21.9 Å². The van der Waals surface area contributed by atoms with E-state index in [2.05, 4.69) is 26.0 Å². The minimum atomic E-state index is -1.32. The standard InChI is InChI=1S/C13H12BrF2N3O2/c1-13(2,3)12-17-10(11(20)21)18-19(12)9-7(14)4-6(15)5-8(9)16/h4-5H,1-3H3,(H,20,21). The summed E-state index contributed by atoms with van der Waals surface area (Å²) in [6.07, 6.45) is 0. The van der Waals surface area contributed by atoms with Crippen LogP contribution in [0.1, 0.15) is 37.2 Å². The highest BCUT2D eigenvalue weighted by Crippen LogP contribution is 2.30. The van der Waals surface area contributed by atoms with Crippen LogP contribution in [0.25, 0.3) is 5.69 Å². The molecule has 0 atom stereocenters. The van der Waals surface area contributed by atoms with Gasteiger partial charge in [0.2, 0.25) is 0 Å². The molecule has 1 aromatic carbocycles. The molecule has 0 unspecified atom stereocenters. The topological polar surface area (TPSA) is 68.0 Å². The lowest BCUT2D eigenvalue weighted by molar-refractivity contribution is 0.0683. The zero-order valence-corrected chi connectivity index (χ0v) is 13.1. The van der Waals surface area contributed by atoms with Crippen LogP contribution >= 0.6 is 15.9 Å². The van der Waals surface area contributed by atoms with Crippen molar-refractivity contribution in [2.45, 2.75) is 26.2 Å². The molecule has 112 valence electrons. The Hall–Kier alpha value is -1.83. The number of aromatic carboxylic acids is 1. The van der Waals surface area contributed by atoms with E-state index in [-0.39, 0.29) is 16.0 Å². The third-order valence-electron chi connectivity index (χ3n) is 2.66. The second-order valence-electron chi connectivity index (χ2n) is 5.44. The van der Waals surface area contributed by atoms with Crippen molar-refractivity contribution in [1.29, 1.82) is 0 Å². The van der Waals surface area contributed by atoms with Gasteiger partial charge in [0, 0.05) is 16.0 Å². The lowest BCUT2D eigenvalue weighted by Crippen LogP contribution is -2.19. The summed E-state index contributed by atoms with van der Waals surface area (Å²) >= 11 is 3.07. The Balaban J connectivity index is 2.77. The van der Waals surface area contributed by atoms with Gasteiger partial charge < -0.3 is 5.11 Å². The zero-order valence-electron chi connectivity index (χ0n) is 11.5.